The van der Waals surface area contributed by atoms with Gasteiger partial charge in [0.1, 0.15) is 0 Å². The summed E-state index contributed by atoms with van der Waals surface area (Å²) in [6.45, 7) is 4.57. The van der Waals surface area contributed by atoms with Gasteiger partial charge in [-0.05, 0) is 62.5 Å². The van der Waals surface area contributed by atoms with Crippen molar-refractivity contribution in [3.8, 4) is 0 Å². The molecule has 2 heterocycles. The largest absolute Gasteiger partial charge is 0.306 e. The van der Waals surface area contributed by atoms with Crippen LogP contribution in [0.15, 0.2) is 54.6 Å². The molecule has 0 radical (unpaired) electrons. The summed E-state index contributed by atoms with van der Waals surface area (Å²) in [6.07, 6.45) is 3.45. The third-order valence-electron chi connectivity index (χ3n) is 6.69. The Morgan fingerprint density at radius 1 is 1.08 bits per heavy atom. The number of likely N-dealkylation sites (tertiary alicyclic amines) is 1. The van der Waals surface area contributed by atoms with Gasteiger partial charge in [0.25, 0.3) is 0 Å². The monoisotopic (exact) mass is 342 g/mol. The number of para-hydroxylation sites is 1. The molecule has 2 atom stereocenters. The molecule has 0 spiro atoms. The first-order chi connectivity index (χ1) is 12.6. The van der Waals surface area contributed by atoms with Crippen LogP contribution in [0.25, 0.3) is 10.9 Å². The maximum absolute atomic E-state index is 5.11. The van der Waals surface area contributed by atoms with Crippen LogP contribution in [0.2, 0.25) is 0 Å². The van der Waals surface area contributed by atoms with Crippen LogP contribution in [0.3, 0.4) is 0 Å². The van der Waals surface area contributed by atoms with E-state index in [1.807, 2.05) is 0 Å². The quantitative estimate of drug-likeness (QED) is 0.646. The summed E-state index contributed by atoms with van der Waals surface area (Å²) in [5.74, 6) is 0.665. The van der Waals surface area contributed by atoms with Crippen molar-refractivity contribution < 1.29 is 0 Å². The fourth-order valence-electron chi connectivity index (χ4n) is 5.26. The highest BCUT2D eigenvalue weighted by Crippen LogP contribution is 2.47. The fraction of sp³-hybridized carbons (Fsp3) is 0.375. The minimum atomic E-state index is 0.237. The van der Waals surface area contributed by atoms with Gasteiger partial charge in [0, 0.05) is 29.5 Å². The number of benzene rings is 2. The van der Waals surface area contributed by atoms with Gasteiger partial charge in [-0.15, -0.1) is 0 Å². The van der Waals surface area contributed by atoms with E-state index in [-0.39, 0.29) is 5.41 Å². The van der Waals surface area contributed by atoms with Crippen molar-refractivity contribution in [2.24, 2.45) is 5.92 Å². The summed E-state index contributed by atoms with van der Waals surface area (Å²) in [5, 5.41) is 1.28. The number of aryl methyl sites for hydroxylation is 1. The van der Waals surface area contributed by atoms with E-state index in [2.05, 4.69) is 73.5 Å². The third kappa shape index (κ3) is 2.47. The van der Waals surface area contributed by atoms with Crippen molar-refractivity contribution >= 4 is 10.9 Å². The molecule has 5 rings (SSSR count). The predicted molar refractivity (Wildman–Crippen MR) is 108 cm³/mol. The standard InChI is InChI=1S/C24H26N2/c1-17-6-5-8-20(12-17)24-10-11-26(2)16-21(24)14-19-13-18-7-3-4-9-22(18)25-23(19)15-24/h3-9,12-13,21H,10-11,14-16H2,1-2H3/t21-,24+/m1/s1. The third-order valence-corrected chi connectivity index (χ3v) is 6.69. The van der Waals surface area contributed by atoms with Crippen molar-refractivity contribution in [3.05, 3.63) is 77.0 Å². The highest BCUT2D eigenvalue weighted by molar-refractivity contribution is 5.79. The average molecular weight is 342 g/mol. The lowest BCUT2D eigenvalue weighted by molar-refractivity contribution is 0.0988. The Morgan fingerprint density at radius 3 is 2.85 bits per heavy atom. The Kier molecular flexibility index (Phi) is 3.65. The number of rotatable bonds is 1. The number of hydrogen-bond acceptors (Lipinski definition) is 2. The number of piperidine rings is 1. The first-order valence-corrected chi connectivity index (χ1v) is 9.77. The zero-order valence-corrected chi connectivity index (χ0v) is 15.7. The Labute approximate surface area is 155 Å². The van der Waals surface area contributed by atoms with E-state index in [0.29, 0.717) is 5.92 Å². The molecule has 0 saturated carbocycles. The molecule has 0 amide bonds. The first-order valence-electron chi connectivity index (χ1n) is 9.77. The molecule has 2 aromatic carbocycles. The highest BCUT2D eigenvalue weighted by atomic mass is 15.1. The van der Waals surface area contributed by atoms with Crippen molar-refractivity contribution in [3.63, 3.8) is 0 Å². The Morgan fingerprint density at radius 2 is 1.96 bits per heavy atom. The maximum atomic E-state index is 5.11. The fourth-order valence-corrected chi connectivity index (χ4v) is 5.26. The van der Waals surface area contributed by atoms with Crippen LogP contribution in [0.4, 0.5) is 0 Å². The van der Waals surface area contributed by atoms with E-state index in [4.69, 9.17) is 4.98 Å². The minimum absolute atomic E-state index is 0.237. The molecule has 0 bridgehead atoms. The number of pyridine rings is 1. The average Bonchev–Trinajstić information content (AvgIpc) is 2.65. The van der Waals surface area contributed by atoms with E-state index < -0.39 is 0 Å². The second-order valence-corrected chi connectivity index (χ2v) is 8.40. The van der Waals surface area contributed by atoms with E-state index in [0.717, 1.165) is 18.4 Å². The molecule has 1 aliphatic heterocycles. The summed E-state index contributed by atoms with van der Waals surface area (Å²) in [5.41, 5.74) is 7.05. The van der Waals surface area contributed by atoms with Gasteiger partial charge in [0.15, 0.2) is 0 Å². The smallest absolute Gasteiger partial charge is 0.0705 e. The van der Waals surface area contributed by atoms with E-state index in [9.17, 15) is 0 Å². The Bertz CT molecular complexity index is 977. The van der Waals surface area contributed by atoms with E-state index in [1.165, 1.54) is 47.3 Å². The van der Waals surface area contributed by atoms with Gasteiger partial charge in [0.2, 0.25) is 0 Å². The number of nitrogens with zero attached hydrogens (tertiary/aromatic N) is 2. The summed E-state index contributed by atoms with van der Waals surface area (Å²) in [6, 6.07) is 20.2. The molecule has 1 saturated heterocycles. The van der Waals surface area contributed by atoms with Crippen molar-refractivity contribution in [1.29, 1.82) is 0 Å². The lowest BCUT2D eigenvalue weighted by Gasteiger charge is -2.50. The Balaban J connectivity index is 1.67. The van der Waals surface area contributed by atoms with Crippen LogP contribution in [-0.4, -0.2) is 30.0 Å². The molecule has 1 fully saturated rings. The van der Waals surface area contributed by atoms with Crippen LogP contribution in [0.5, 0.6) is 0 Å². The zero-order chi connectivity index (χ0) is 17.7. The SMILES string of the molecule is Cc1cccc([C@@]23CCN(C)C[C@H]2Cc2cc4ccccc4nc2C3)c1. The molecule has 1 aliphatic carbocycles. The zero-order valence-electron chi connectivity index (χ0n) is 15.7. The van der Waals surface area contributed by atoms with Gasteiger partial charge in [0.05, 0.1) is 5.52 Å². The molecule has 2 heteroatoms. The molecule has 0 N–H and O–H groups in total. The topological polar surface area (TPSA) is 16.1 Å². The van der Waals surface area contributed by atoms with Gasteiger partial charge < -0.3 is 4.90 Å². The molecule has 2 aliphatic rings. The van der Waals surface area contributed by atoms with Crippen LogP contribution in [0, 0.1) is 12.8 Å². The van der Waals surface area contributed by atoms with Crippen molar-refractivity contribution in [2.45, 2.75) is 31.6 Å². The summed E-state index contributed by atoms with van der Waals surface area (Å²) < 4.78 is 0. The van der Waals surface area contributed by atoms with Crippen molar-refractivity contribution in [1.82, 2.24) is 9.88 Å². The summed E-state index contributed by atoms with van der Waals surface area (Å²) in [4.78, 5) is 7.62. The predicted octanol–water partition coefficient (Wildman–Crippen LogP) is 4.53. The Hall–Kier alpha value is -2.19. The molecule has 0 unspecified atom stereocenters. The first kappa shape index (κ1) is 16.0. The highest BCUT2D eigenvalue weighted by Gasteiger charge is 2.47. The maximum Gasteiger partial charge on any atom is 0.0705 e. The number of fused-ring (bicyclic) bond motifs is 3. The second-order valence-electron chi connectivity index (χ2n) is 8.40. The molecule has 1 aromatic heterocycles. The molecule has 26 heavy (non-hydrogen) atoms. The molecular formula is C24H26N2. The molecule has 132 valence electrons. The van der Waals surface area contributed by atoms with Crippen molar-refractivity contribution in [2.75, 3.05) is 20.1 Å². The molecular weight excluding hydrogens is 316 g/mol. The second kappa shape index (κ2) is 5.92. The lowest BCUT2D eigenvalue weighted by Crippen LogP contribution is -2.53. The lowest BCUT2D eigenvalue weighted by atomic mass is 9.58. The van der Waals surface area contributed by atoms with Gasteiger partial charge in [-0.1, -0.05) is 48.0 Å². The van der Waals surface area contributed by atoms with Crippen LogP contribution >= 0.6 is 0 Å². The number of hydrogen-bond donors (Lipinski definition) is 0. The van der Waals surface area contributed by atoms with Crippen LogP contribution < -0.4 is 0 Å². The van der Waals surface area contributed by atoms with Gasteiger partial charge in [-0.3, -0.25) is 4.98 Å². The van der Waals surface area contributed by atoms with E-state index >= 15 is 0 Å². The van der Waals surface area contributed by atoms with Crippen LogP contribution in [0.1, 0.15) is 28.8 Å². The van der Waals surface area contributed by atoms with Gasteiger partial charge >= 0.3 is 0 Å². The van der Waals surface area contributed by atoms with Crippen LogP contribution in [-0.2, 0) is 18.3 Å². The molecule has 3 aromatic rings. The summed E-state index contributed by atoms with van der Waals surface area (Å²) >= 11 is 0. The van der Waals surface area contributed by atoms with Gasteiger partial charge in [-0.25, -0.2) is 0 Å². The minimum Gasteiger partial charge on any atom is -0.306 e. The summed E-state index contributed by atoms with van der Waals surface area (Å²) in [7, 11) is 2.27. The van der Waals surface area contributed by atoms with Gasteiger partial charge in [-0.2, -0.15) is 0 Å². The normalized spacial score (nSPS) is 25.7. The number of aromatic nitrogens is 1. The van der Waals surface area contributed by atoms with E-state index in [1.54, 1.807) is 0 Å². The molecule has 2 nitrogen and oxygen atoms in total.